The van der Waals surface area contributed by atoms with E-state index in [2.05, 4.69) is 25.7 Å². The van der Waals surface area contributed by atoms with E-state index in [1.54, 1.807) is 14.2 Å². The fourth-order valence-corrected chi connectivity index (χ4v) is 3.18. The van der Waals surface area contributed by atoms with E-state index in [0.29, 0.717) is 6.54 Å². The predicted octanol–water partition coefficient (Wildman–Crippen LogP) is 2.68. The fourth-order valence-electron chi connectivity index (χ4n) is 3.18. The largest absolute Gasteiger partial charge is 0.493 e. The van der Waals surface area contributed by atoms with Gasteiger partial charge in [0.25, 0.3) is 0 Å². The second-order valence-electron chi connectivity index (χ2n) is 6.61. The molecular weight excluding hydrogens is 471 g/mol. The smallest absolute Gasteiger partial charge is 0.191 e. The van der Waals surface area contributed by atoms with Crippen LogP contribution in [-0.2, 0) is 6.54 Å². The van der Waals surface area contributed by atoms with Crippen molar-refractivity contribution in [1.29, 1.82) is 0 Å². The summed E-state index contributed by atoms with van der Waals surface area (Å²) in [6, 6.07) is 7.75. The first kappa shape index (κ1) is 22.3. The molecule has 1 aromatic heterocycles. The number of rotatable bonds is 6. The van der Waals surface area contributed by atoms with Crippen LogP contribution >= 0.6 is 24.0 Å². The molecule has 2 heterocycles. The quantitative estimate of drug-likeness (QED) is 0.361. The molecule has 0 bridgehead atoms. The van der Waals surface area contributed by atoms with Crippen molar-refractivity contribution >= 4 is 29.9 Å². The molecule has 8 nitrogen and oxygen atoms in total. The fraction of sp³-hybridized carbons (Fsp3) is 0.526. The van der Waals surface area contributed by atoms with Crippen LogP contribution in [0.4, 0.5) is 0 Å². The lowest BCUT2D eigenvalue weighted by Gasteiger charge is -2.25. The molecule has 3 rings (SSSR count). The van der Waals surface area contributed by atoms with E-state index in [-0.39, 0.29) is 36.1 Å². The Kier molecular flexibility index (Phi) is 8.34. The van der Waals surface area contributed by atoms with Crippen LogP contribution in [0.2, 0.25) is 0 Å². The number of para-hydroxylation sites is 2. The monoisotopic (exact) mass is 500 g/mol. The summed E-state index contributed by atoms with van der Waals surface area (Å²) < 4.78 is 13.3. The zero-order valence-corrected chi connectivity index (χ0v) is 19.1. The molecule has 2 aromatic rings. The summed E-state index contributed by atoms with van der Waals surface area (Å²) in [5.41, 5.74) is 0. The van der Waals surface area contributed by atoms with Crippen LogP contribution in [0.25, 0.3) is 0 Å². The molecule has 9 heteroatoms. The topological polar surface area (TPSA) is 85.6 Å². The molecule has 0 saturated heterocycles. The number of aromatic nitrogens is 3. The van der Waals surface area contributed by atoms with Crippen molar-refractivity contribution in [2.45, 2.75) is 45.4 Å². The summed E-state index contributed by atoms with van der Waals surface area (Å²) in [6.07, 6.45) is 2.02. The number of fused-ring (bicyclic) bond motifs is 1. The summed E-state index contributed by atoms with van der Waals surface area (Å²) in [4.78, 5) is 8.89. The molecule has 0 aliphatic carbocycles. The number of aryl methyl sites for hydroxylation is 2. The number of halogens is 1. The van der Waals surface area contributed by atoms with Gasteiger partial charge in [0.15, 0.2) is 17.5 Å². The number of hydrogen-bond acceptors (Lipinski definition) is 5. The van der Waals surface area contributed by atoms with Gasteiger partial charge in [-0.15, -0.1) is 24.0 Å². The zero-order chi connectivity index (χ0) is 19.2. The van der Waals surface area contributed by atoms with Crippen LogP contribution in [0.3, 0.4) is 0 Å². The number of guanidine groups is 1. The molecule has 154 valence electrons. The maximum Gasteiger partial charge on any atom is 0.191 e. The molecule has 0 spiro atoms. The van der Waals surface area contributed by atoms with E-state index in [1.807, 2.05) is 42.8 Å². The van der Waals surface area contributed by atoms with Crippen LogP contribution in [0, 0.1) is 6.92 Å². The molecular formula is C19H29IN6O2. The molecule has 0 saturated carbocycles. The average molecular weight is 500 g/mol. The van der Waals surface area contributed by atoms with E-state index < -0.39 is 0 Å². The Morgan fingerprint density at radius 2 is 2.11 bits per heavy atom. The maximum atomic E-state index is 5.98. The van der Waals surface area contributed by atoms with Gasteiger partial charge >= 0.3 is 0 Å². The third-order valence-corrected chi connectivity index (χ3v) is 4.47. The molecule has 2 atom stereocenters. The van der Waals surface area contributed by atoms with Gasteiger partial charge in [0.1, 0.15) is 17.8 Å². The number of nitrogens with one attached hydrogen (secondary N) is 2. The van der Waals surface area contributed by atoms with Crippen molar-refractivity contribution in [2.75, 3.05) is 20.7 Å². The second kappa shape index (κ2) is 10.5. The Hall–Kier alpha value is -2.04. The Bertz CT molecular complexity index is 794. The van der Waals surface area contributed by atoms with E-state index in [9.17, 15) is 0 Å². The molecule has 28 heavy (non-hydrogen) atoms. The molecule has 0 radical (unpaired) electrons. The molecule has 1 aliphatic heterocycles. The van der Waals surface area contributed by atoms with Crippen molar-refractivity contribution in [2.24, 2.45) is 4.99 Å². The molecule has 0 amide bonds. The standard InChI is InChI=1S/C19H28N6O2.HI/c1-13(27-17-10-6-5-9-16(17)26-4)12-21-19(20-3)23-15-8-7-11-25-18(15)22-14(2)24-25;/h5-6,9-10,13,15H,7-8,11-12H2,1-4H3,(H2,20,21,23);1H. The van der Waals surface area contributed by atoms with Gasteiger partial charge in [0, 0.05) is 13.6 Å². The Morgan fingerprint density at radius 1 is 1.36 bits per heavy atom. The van der Waals surface area contributed by atoms with E-state index >= 15 is 0 Å². The number of aliphatic imine (C=N–C) groups is 1. The summed E-state index contributed by atoms with van der Waals surface area (Å²) in [5, 5.41) is 11.2. The number of hydrogen-bond donors (Lipinski definition) is 2. The van der Waals surface area contributed by atoms with Crippen LogP contribution in [-0.4, -0.2) is 47.5 Å². The predicted molar refractivity (Wildman–Crippen MR) is 120 cm³/mol. The van der Waals surface area contributed by atoms with Gasteiger partial charge in [-0.25, -0.2) is 9.67 Å². The molecule has 1 aromatic carbocycles. The number of nitrogens with zero attached hydrogens (tertiary/aromatic N) is 4. The molecule has 1 aliphatic rings. The zero-order valence-electron chi connectivity index (χ0n) is 16.8. The highest BCUT2D eigenvalue weighted by Crippen LogP contribution is 2.26. The summed E-state index contributed by atoms with van der Waals surface area (Å²) in [5.74, 6) is 3.96. The van der Waals surface area contributed by atoms with Gasteiger partial charge < -0.3 is 20.1 Å². The molecule has 2 unspecified atom stereocenters. The van der Waals surface area contributed by atoms with Crippen molar-refractivity contribution in [3.63, 3.8) is 0 Å². The summed E-state index contributed by atoms with van der Waals surface area (Å²) >= 11 is 0. The normalized spacial score (nSPS) is 17.1. The first-order chi connectivity index (χ1) is 13.1. The number of ether oxygens (including phenoxy) is 2. The second-order valence-corrected chi connectivity index (χ2v) is 6.61. The van der Waals surface area contributed by atoms with E-state index in [4.69, 9.17) is 9.47 Å². The minimum absolute atomic E-state index is 0. The van der Waals surface area contributed by atoms with E-state index in [1.165, 1.54) is 0 Å². The maximum absolute atomic E-state index is 5.98. The Labute approximate surface area is 183 Å². The Balaban J connectivity index is 0.00000280. The van der Waals surface area contributed by atoms with Crippen LogP contribution in [0.1, 0.15) is 37.5 Å². The molecule has 0 fully saturated rings. The molecule has 2 N–H and O–H groups in total. The lowest BCUT2D eigenvalue weighted by atomic mass is 10.1. The number of methoxy groups -OCH3 is 1. The van der Waals surface area contributed by atoms with Gasteiger partial charge in [-0.1, -0.05) is 12.1 Å². The minimum Gasteiger partial charge on any atom is -0.493 e. The third-order valence-electron chi connectivity index (χ3n) is 4.47. The van der Waals surface area contributed by atoms with Gasteiger partial charge in [-0.2, -0.15) is 5.10 Å². The van der Waals surface area contributed by atoms with E-state index in [0.717, 1.165) is 48.5 Å². The van der Waals surface area contributed by atoms with Crippen molar-refractivity contribution in [3.05, 3.63) is 35.9 Å². The highest BCUT2D eigenvalue weighted by atomic mass is 127. The summed E-state index contributed by atoms with van der Waals surface area (Å²) in [6.45, 7) is 5.46. The van der Waals surface area contributed by atoms with Crippen molar-refractivity contribution in [3.8, 4) is 11.5 Å². The van der Waals surface area contributed by atoms with Crippen LogP contribution in [0.5, 0.6) is 11.5 Å². The highest BCUT2D eigenvalue weighted by Gasteiger charge is 2.24. The van der Waals surface area contributed by atoms with Gasteiger partial charge in [-0.3, -0.25) is 4.99 Å². The van der Waals surface area contributed by atoms with Crippen LogP contribution < -0.4 is 20.1 Å². The van der Waals surface area contributed by atoms with Crippen molar-refractivity contribution in [1.82, 2.24) is 25.4 Å². The third kappa shape index (κ3) is 5.49. The van der Waals surface area contributed by atoms with Crippen LogP contribution in [0.15, 0.2) is 29.3 Å². The summed E-state index contributed by atoms with van der Waals surface area (Å²) in [7, 11) is 3.40. The highest BCUT2D eigenvalue weighted by molar-refractivity contribution is 14.0. The lowest BCUT2D eigenvalue weighted by Crippen LogP contribution is -2.44. The van der Waals surface area contributed by atoms with Gasteiger partial charge in [-0.05, 0) is 38.8 Å². The first-order valence-electron chi connectivity index (χ1n) is 9.29. The average Bonchev–Trinajstić information content (AvgIpc) is 3.06. The minimum atomic E-state index is -0.0582. The first-order valence-corrected chi connectivity index (χ1v) is 9.29. The Morgan fingerprint density at radius 3 is 2.82 bits per heavy atom. The lowest BCUT2D eigenvalue weighted by molar-refractivity contribution is 0.213. The SMILES string of the molecule is CN=C(NCC(C)Oc1ccccc1OC)NC1CCCn2nc(C)nc21.I. The van der Waals surface area contributed by atoms with Gasteiger partial charge in [0.05, 0.1) is 19.7 Å². The van der Waals surface area contributed by atoms with Crippen molar-refractivity contribution < 1.29 is 9.47 Å². The van der Waals surface area contributed by atoms with Gasteiger partial charge in [0.2, 0.25) is 0 Å². The number of benzene rings is 1.